The molecule has 2 aliphatic carbocycles. The smallest absolute Gasteiger partial charge is 0.0159 e. The second-order valence-electron chi connectivity index (χ2n) is 22.5. The third kappa shape index (κ3) is 8.24. The molecule has 12 aromatic rings. The van der Waals surface area contributed by atoms with E-state index in [1.54, 1.807) is 0 Å². The summed E-state index contributed by atoms with van der Waals surface area (Å²) in [7, 11) is 0. The molecule has 0 nitrogen and oxygen atoms in total. The van der Waals surface area contributed by atoms with Crippen LogP contribution >= 0.6 is 0 Å². The predicted octanol–water partition coefficient (Wildman–Crippen LogP) is 21.3. The van der Waals surface area contributed by atoms with E-state index in [0.717, 1.165) is 0 Å². The molecule has 0 saturated heterocycles. The predicted molar refractivity (Wildman–Crippen MR) is 330 cm³/mol. The maximum atomic E-state index is 2.45. The average molecular weight is 995 g/mol. The van der Waals surface area contributed by atoms with E-state index in [-0.39, 0.29) is 10.8 Å². The van der Waals surface area contributed by atoms with Crippen LogP contribution in [0.25, 0.3) is 122 Å². The summed E-state index contributed by atoms with van der Waals surface area (Å²) in [5.74, 6) is 0. The maximum Gasteiger partial charge on any atom is 0.0159 e. The minimum Gasteiger partial charge on any atom is -0.0622 e. The van der Waals surface area contributed by atoms with Crippen molar-refractivity contribution in [3.8, 4) is 122 Å². The molecule has 0 radical (unpaired) electrons. The van der Waals surface area contributed by atoms with Gasteiger partial charge in [-0.3, -0.25) is 0 Å². The normalized spacial score (nSPS) is 13.3. The van der Waals surface area contributed by atoms with Crippen LogP contribution in [0.2, 0.25) is 0 Å². The SMILES string of the molecule is CC1(C)c2cc(-c3ccc(-c4ccc(-c5ccc6c(c5)C(C)(C)c5cc(-c7cc(-c8ccccc8)cc(-c8ccccc8)c7)ccc5-6)cc4)cc3)ccc2-c2ccc(-c3cc(-c4ccccc4)cc(-c4ccccc4)c3)cc21. The van der Waals surface area contributed by atoms with Crippen molar-refractivity contribution < 1.29 is 0 Å². The molecule has 2 aliphatic rings. The zero-order chi connectivity index (χ0) is 52.5. The lowest BCUT2D eigenvalue weighted by Crippen LogP contribution is -2.15. The van der Waals surface area contributed by atoms with Gasteiger partial charge in [-0.25, -0.2) is 0 Å². The molecule has 0 fully saturated rings. The molecule has 370 valence electrons. The van der Waals surface area contributed by atoms with Crippen LogP contribution in [0.15, 0.2) is 279 Å². The Morgan fingerprint density at radius 2 is 0.321 bits per heavy atom. The Labute approximate surface area is 459 Å². The van der Waals surface area contributed by atoms with E-state index in [2.05, 4.69) is 307 Å². The van der Waals surface area contributed by atoms with Crippen LogP contribution < -0.4 is 0 Å². The highest BCUT2D eigenvalue weighted by Gasteiger charge is 2.37. The van der Waals surface area contributed by atoms with Crippen LogP contribution in [0.5, 0.6) is 0 Å². The van der Waals surface area contributed by atoms with Gasteiger partial charge < -0.3 is 0 Å². The Kier molecular flexibility index (Phi) is 11.3. The van der Waals surface area contributed by atoms with Crippen LogP contribution in [0.4, 0.5) is 0 Å². The van der Waals surface area contributed by atoms with E-state index >= 15 is 0 Å². The first kappa shape index (κ1) is 47.1. The molecule has 0 heteroatoms. The molecule has 0 aromatic heterocycles. The van der Waals surface area contributed by atoms with Gasteiger partial charge in [0.2, 0.25) is 0 Å². The van der Waals surface area contributed by atoms with Crippen LogP contribution in [0.3, 0.4) is 0 Å². The summed E-state index contributed by atoms with van der Waals surface area (Å²) in [6.45, 7) is 9.56. The van der Waals surface area contributed by atoms with Gasteiger partial charge in [0.1, 0.15) is 0 Å². The van der Waals surface area contributed by atoms with Crippen molar-refractivity contribution in [2.24, 2.45) is 0 Å². The Morgan fingerprint density at radius 1 is 0.154 bits per heavy atom. The van der Waals surface area contributed by atoms with Gasteiger partial charge in [-0.15, -0.1) is 0 Å². The fourth-order valence-electron chi connectivity index (χ4n) is 12.7. The van der Waals surface area contributed by atoms with Gasteiger partial charge in [0.25, 0.3) is 0 Å². The van der Waals surface area contributed by atoms with Gasteiger partial charge in [0, 0.05) is 10.8 Å². The van der Waals surface area contributed by atoms with Crippen LogP contribution in [0.1, 0.15) is 49.9 Å². The van der Waals surface area contributed by atoms with Crippen molar-refractivity contribution in [1.82, 2.24) is 0 Å². The minimum atomic E-state index is -0.163. The van der Waals surface area contributed by atoms with E-state index in [9.17, 15) is 0 Å². The van der Waals surface area contributed by atoms with Crippen LogP contribution in [-0.4, -0.2) is 0 Å². The van der Waals surface area contributed by atoms with Crippen LogP contribution in [0, 0.1) is 0 Å². The molecule has 78 heavy (non-hydrogen) atoms. The Hall–Kier alpha value is -9.36. The second kappa shape index (κ2) is 18.7. The fraction of sp³-hybridized carbons (Fsp3) is 0.0769. The zero-order valence-corrected chi connectivity index (χ0v) is 44.6. The van der Waals surface area contributed by atoms with Crippen molar-refractivity contribution in [3.05, 3.63) is 301 Å². The van der Waals surface area contributed by atoms with E-state index in [4.69, 9.17) is 0 Å². The van der Waals surface area contributed by atoms with E-state index in [0.29, 0.717) is 0 Å². The Balaban J connectivity index is 0.705. The number of hydrogen-bond acceptors (Lipinski definition) is 0. The summed E-state index contributed by atoms with van der Waals surface area (Å²) in [4.78, 5) is 0. The van der Waals surface area contributed by atoms with E-state index in [1.807, 2.05) is 0 Å². The molecule has 0 aliphatic heterocycles. The monoisotopic (exact) mass is 994 g/mol. The summed E-state index contributed by atoms with van der Waals surface area (Å²) < 4.78 is 0. The van der Waals surface area contributed by atoms with Gasteiger partial charge in [-0.2, -0.15) is 0 Å². The lowest BCUT2D eigenvalue weighted by atomic mass is 9.80. The second-order valence-corrected chi connectivity index (χ2v) is 22.5. The topological polar surface area (TPSA) is 0 Å². The van der Waals surface area contributed by atoms with Crippen LogP contribution in [-0.2, 0) is 10.8 Å². The maximum absolute atomic E-state index is 2.45. The fourth-order valence-corrected chi connectivity index (χ4v) is 12.7. The van der Waals surface area contributed by atoms with E-state index < -0.39 is 0 Å². The largest absolute Gasteiger partial charge is 0.0622 e. The summed E-state index contributed by atoms with van der Waals surface area (Å²) in [6.07, 6.45) is 0. The number of fused-ring (bicyclic) bond motifs is 6. The lowest BCUT2D eigenvalue weighted by Gasteiger charge is -2.23. The number of hydrogen-bond donors (Lipinski definition) is 0. The highest BCUT2D eigenvalue weighted by atomic mass is 14.4. The molecule has 0 amide bonds. The first-order chi connectivity index (χ1) is 38.1. The molecular weight excluding hydrogens is 937 g/mol. The minimum absolute atomic E-state index is 0.163. The molecule has 0 saturated carbocycles. The molecule has 0 spiro atoms. The summed E-state index contributed by atoms with van der Waals surface area (Å²) >= 11 is 0. The molecule has 12 aromatic carbocycles. The highest BCUT2D eigenvalue weighted by molar-refractivity contribution is 5.90. The molecule has 0 heterocycles. The molecule has 0 unspecified atom stereocenters. The Bertz CT molecular complexity index is 3840. The third-order valence-electron chi connectivity index (χ3n) is 17.1. The van der Waals surface area contributed by atoms with Crippen molar-refractivity contribution in [2.45, 2.75) is 38.5 Å². The molecule has 0 atom stereocenters. The Morgan fingerprint density at radius 3 is 0.551 bits per heavy atom. The lowest BCUT2D eigenvalue weighted by molar-refractivity contribution is 0.660. The number of benzene rings is 12. The standard InChI is InChI=1S/C78H58/c1-77(2)73-47-59(33-37-69(73)71-39-35-61(49-75(71)77)67-43-63(51-17-9-5-10-18-51)41-64(44-67)52-19-11-6-12-20-52)57-29-25-55(26-30-57)56-27-31-58(32-28-56)60-34-38-70-72-40-36-62(50-76(72)78(3,4)74(70)48-60)68-45-65(53-21-13-7-14-22-53)42-66(46-68)54-23-15-8-16-24-54/h5-50H,1-4H3. The van der Waals surface area contributed by atoms with Crippen molar-refractivity contribution in [2.75, 3.05) is 0 Å². The van der Waals surface area contributed by atoms with E-state index in [1.165, 1.54) is 145 Å². The van der Waals surface area contributed by atoms with Crippen molar-refractivity contribution in [1.29, 1.82) is 0 Å². The summed E-state index contributed by atoms with van der Waals surface area (Å²) in [5.41, 5.74) is 32.6. The molecule has 0 bridgehead atoms. The van der Waals surface area contributed by atoms with Crippen molar-refractivity contribution in [3.63, 3.8) is 0 Å². The van der Waals surface area contributed by atoms with Gasteiger partial charge in [-0.1, -0.05) is 246 Å². The number of rotatable bonds is 9. The van der Waals surface area contributed by atoms with Gasteiger partial charge in [0.05, 0.1) is 0 Å². The molecule has 0 N–H and O–H groups in total. The molecule has 14 rings (SSSR count). The summed E-state index contributed by atoms with van der Waals surface area (Å²) in [6, 6.07) is 104. The first-order valence-electron chi connectivity index (χ1n) is 27.5. The quantitative estimate of drug-likeness (QED) is 0.135. The first-order valence-corrected chi connectivity index (χ1v) is 27.5. The third-order valence-corrected chi connectivity index (χ3v) is 17.1. The zero-order valence-electron chi connectivity index (χ0n) is 44.6. The summed E-state index contributed by atoms with van der Waals surface area (Å²) in [5, 5.41) is 0. The van der Waals surface area contributed by atoms with Gasteiger partial charge >= 0.3 is 0 Å². The van der Waals surface area contributed by atoms with Gasteiger partial charge in [0.15, 0.2) is 0 Å². The highest BCUT2D eigenvalue weighted by Crippen LogP contribution is 2.53. The average Bonchev–Trinajstić information content (AvgIpc) is 3.90. The van der Waals surface area contributed by atoms with Crippen molar-refractivity contribution >= 4 is 0 Å². The van der Waals surface area contributed by atoms with Gasteiger partial charge in [-0.05, 0) is 205 Å². The molecular formula is C78H58.